The molecule has 4 rings (SSSR count). The molecule has 0 aliphatic carbocycles. The maximum absolute atomic E-state index is 12.8. The number of hydrogen-bond acceptors (Lipinski definition) is 4. The molecule has 36 heavy (non-hydrogen) atoms. The smallest absolute Gasteiger partial charge is 0.252 e. The minimum absolute atomic E-state index is 0.117. The summed E-state index contributed by atoms with van der Waals surface area (Å²) in [5, 5.41) is 2.70. The van der Waals surface area contributed by atoms with E-state index in [-0.39, 0.29) is 12.5 Å². The molecule has 0 aliphatic rings. The van der Waals surface area contributed by atoms with Gasteiger partial charge in [-0.15, -0.1) is 6.42 Å². The van der Waals surface area contributed by atoms with E-state index < -0.39 is 0 Å². The van der Waals surface area contributed by atoms with Crippen molar-refractivity contribution in [2.24, 2.45) is 0 Å². The Balaban J connectivity index is 1.68. The van der Waals surface area contributed by atoms with Crippen LogP contribution in [0.2, 0.25) is 0 Å². The van der Waals surface area contributed by atoms with Crippen molar-refractivity contribution in [3.8, 4) is 29.6 Å². The molecule has 0 aliphatic heterocycles. The molecule has 0 heterocycles. The molecule has 4 aromatic carbocycles. The number of carbonyl (C=O) groups excluding carboxylic acids is 1. The van der Waals surface area contributed by atoms with E-state index in [1.165, 1.54) is 0 Å². The third-order valence-corrected chi connectivity index (χ3v) is 5.33. The zero-order valence-corrected chi connectivity index (χ0v) is 19.9. The van der Waals surface area contributed by atoms with E-state index in [9.17, 15) is 4.79 Å². The Bertz CT molecular complexity index is 1230. The summed E-state index contributed by atoms with van der Waals surface area (Å²) in [6.07, 6.45) is 5.32. The van der Waals surface area contributed by atoms with E-state index in [1.54, 1.807) is 12.1 Å². The van der Waals surface area contributed by atoms with Crippen LogP contribution in [0.1, 0.15) is 27.0 Å². The highest BCUT2D eigenvalue weighted by molar-refractivity contribution is 5.95. The number of ether oxygens (including phenoxy) is 3. The number of terminal acetylenes is 1. The number of rotatable bonds is 11. The molecular formula is C31H27NO4. The average Bonchev–Trinajstić information content (AvgIpc) is 2.94. The zero-order valence-electron chi connectivity index (χ0n) is 19.9. The molecule has 0 spiro atoms. The molecule has 1 N–H and O–H groups in total. The van der Waals surface area contributed by atoms with Gasteiger partial charge in [-0.2, -0.15) is 0 Å². The molecule has 180 valence electrons. The fourth-order valence-corrected chi connectivity index (χ4v) is 3.50. The van der Waals surface area contributed by atoms with Crippen molar-refractivity contribution in [1.82, 2.24) is 5.32 Å². The summed E-state index contributed by atoms with van der Waals surface area (Å²) in [4.78, 5) is 12.8. The molecule has 0 unspecified atom stereocenters. The lowest BCUT2D eigenvalue weighted by Gasteiger charge is -2.19. The number of carbonyl (C=O) groups is 1. The lowest BCUT2D eigenvalue weighted by molar-refractivity contribution is 0.0957. The van der Waals surface area contributed by atoms with Gasteiger partial charge in [-0.3, -0.25) is 4.79 Å². The van der Waals surface area contributed by atoms with Crippen molar-refractivity contribution >= 4 is 5.91 Å². The molecule has 0 radical (unpaired) electrons. The highest BCUT2D eigenvalue weighted by Crippen LogP contribution is 2.40. The van der Waals surface area contributed by atoms with Gasteiger partial charge in [0.25, 0.3) is 5.91 Å². The molecule has 0 saturated carbocycles. The third-order valence-electron chi connectivity index (χ3n) is 5.33. The van der Waals surface area contributed by atoms with Gasteiger partial charge in [-0.1, -0.05) is 96.9 Å². The monoisotopic (exact) mass is 477 g/mol. The van der Waals surface area contributed by atoms with Gasteiger partial charge < -0.3 is 19.5 Å². The van der Waals surface area contributed by atoms with Gasteiger partial charge in [-0.05, 0) is 28.8 Å². The van der Waals surface area contributed by atoms with E-state index in [0.717, 1.165) is 16.7 Å². The molecule has 1 amide bonds. The standard InChI is InChI=1S/C31H27NO4/c1-2-18-32-31(33)27-19-28(34-21-24-12-6-3-7-13-24)30(36-23-26-16-10-5-11-17-26)29(20-27)35-22-25-14-8-4-9-15-25/h1,3-17,19-20H,18,21-23H2,(H,32,33). The van der Waals surface area contributed by atoms with Crippen LogP contribution in [0.15, 0.2) is 103 Å². The summed E-state index contributed by atoms with van der Waals surface area (Å²) in [7, 11) is 0. The molecule has 4 aromatic rings. The van der Waals surface area contributed by atoms with Gasteiger partial charge in [-0.25, -0.2) is 0 Å². The lowest BCUT2D eigenvalue weighted by Crippen LogP contribution is -2.23. The lowest BCUT2D eigenvalue weighted by atomic mass is 10.1. The zero-order chi connectivity index (χ0) is 25.0. The van der Waals surface area contributed by atoms with Crippen LogP contribution in [0.3, 0.4) is 0 Å². The van der Waals surface area contributed by atoms with Gasteiger partial charge in [0, 0.05) is 5.56 Å². The van der Waals surface area contributed by atoms with Gasteiger partial charge in [0.1, 0.15) is 19.8 Å². The van der Waals surface area contributed by atoms with E-state index >= 15 is 0 Å². The number of nitrogens with one attached hydrogen (secondary N) is 1. The minimum Gasteiger partial charge on any atom is -0.485 e. The van der Waals surface area contributed by atoms with E-state index in [2.05, 4.69) is 11.2 Å². The number of benzene rings is 4. The molecule has 0 saturated heterocycles. The van der Waals surface area contributed by atoms with Gasteiger partial charge in [0.15, 0.2) is 11.5 Å². The van der Waals surface area contributed by atoms with Crippen LogP contribution in [0.25, 0.3) is 0 Å². The highest BCUT2D eigenvalue weighted by Gasteiger charge is 2.19. The van der Waals surface area contributed by atoms with E-state index in [0.29, 0.717) is 42.6 Å². The maximum Gasteiger partial charge on any atom is 0.252 e. The summed E-state index contributed by atoms with van der Waals surface area (Å²) in [5.41, 5.74) is 3.33. The molecule has 0 atom stereocenters. The Labute approximate surface area is 211 Å². The summed E-state index contributed by atoms with van der Waals surface area (Å²) in [6, 6.07) is 32.7. The van der Waals surface area contributed by atoms with Crippen LogP contribution in [0.4, 0.5) is 0 Å². The Morgan fingerprint density at radius 1 is 0.667 bits per heavy atom. The molecule has 5 nitrogen and oxygen atoms in total. The predicted octanol–water partition coefficient (Wildman–Crippen LogP) is 5.79. The second kappa shape index (κ2) is 12.7. The van der Waals surface area contributed by atoms with E-state index in [4.69, 9.17) is 20.6 Å². The van der Waals surface area contributed by atoms with Crippen LogP contribution < -0.4 is 19.5 Å². The van der Waals surface area contributed by atoms with Crippen molar-refractivity contribution in [2.45, 2.75) is 19.8 Å². The largest absolute Gasteiger partial charge is 0.485 e. The number of amides is 1. The molecule has 0 bridgehead atoms. The Morgan fingerprint density at radius 2 is 1.08 bits per heavy atom. The van der Waals surface area contributed by atoms with Gasteiger partial charge in [0.05, 0.1) is 6.54 Å². The molecule has 0 aromatic heterocycles. The summed E-state index contributed by atoms with van der Waals surface area (Å²) >= 11 is 0. The molecule has 5 heteroatoms. The fraction of sp³-hybridized carbons (Fsp3) is 0.129. The topological polar surface area (TPSA) is 56.8 Å². The van der Waals surface area contributed by atoms with Crippen LogP contribution >= 0.6 is 0 Å². The Hall–Kier alpha value is -4.69. The summed E-state index contributed by atoms with van der Waals surface area (Å²) < 4.78 is 18.6. The highest BCUT2D eigenvalue weighted by atomic mass is 16.5. The van der Waals surface area contributed by atoms with Crippen molar-refractivity contribution in [3.05, 3.63) is 125 Å². The van der Waals surface area contributed by atoms with Crippen molar-refractivity contribution in [3.63, 3.8) is 0 Å². The van der Waals surface area contributed by atoms with Crippen LogP contribution in [-0.2, 0) is 19.8 Å². The SMILES string of the molecule is C#CCNC(=O)c1cc(OCc2ccccc2)c(OCc2ccccc2)c(OCc2ccccc2)c1. The molecule has 0 fully saturated rings. The predicted molar refractivity (Wildman–Crippen MR) is 140 cm³/mol. The maximum atomic E-state index is 12.8. The van der Waals surface area contributed by atoms with Crippen LogP contribution in [-0.4, -0.2) is 12.5 Å². The third kappa shape index (κ3) is 6.91. The van der Waals surface area contributed by atoms with Crippen molar-refractivity contribution < 1.29 is 19.0 Å². The van der Waals surface area contributed by atoms with Crippen molar-refractivity contribution in [1.29, 1.82) is 0 Å². The first-order valence-electron chi connectivity index (χ1n) is 11.6. The van der Waals surface area contributed by atoms with Crippen LogP contribution in [0, 0.1) is 12.3 Å². The van der Waals surface area contributed by atoms with Crippen molar-refractivity contribution in [2.75, 3.05) is 6.54 Å². The average molecular weight is 478 g/mol. The normalized spacial score (nSPS) is 10.2. The first-order chi connectivity index (χ1) is 17.7. The number of hydrogen-bond donors (Lipinski definition) is 1. The van der Waals surface area contributed by atoms with E-state index in [1.807, 2.05) is 91.0 Å². The second-order valence-electron chi connectivity index (χ2n) is 8.01. The first-order valence-corrected chi connectivity index (χ1v) is 11.6. The Morgan fingerprint density at radius 3 is 1.50 bits per heavy atom. The van der Waals surface area contributed by atoms with Crippen LogP contribution in [0.5, 0.6) is 17.2 Å². The fourth-order valence-electron chi connectivity index (χ4n) is 3.50. The van der Waals surface area contributed by atoms with Gasteiger partial charge >= 0.3 is 0 Å². The summed E-state index contributed by atoms with van der Waals surface area (Å²) in [6.45, 7) is 1.03. The van der Waals surface area contributed by atoms with Gasteiger partial charge in [0.2, 0.25) is 5.75 Å². The quantitative estimate of drug-likeness (QED) is 0.278. The summed E-state index contributed by atoms with van der Waals surface area (Å²) in [5.74, 6) is 3.35. The Kier molecular flexibility index (Phi) is 8.61. The first kappa shape index (κ1) is 24.4. The minimum atomic E-state index is -0.323. The second-order valence-corrected chi connectivity index (χ2v) is 8.01. The molecular weight excluding hydrogens is 450 g/mol.